The van der Waals surface area contributed by atoms with Crippen molar-refractivity contribution >= 4 is 40.7 Å². The lowest BCUT2D eigenvalue weighted by molar-refractivity contribution is 0.248. The average Bonchev–Trinajstić information content (AvgIpc) is 2.64. The molecule has 5 nitrogen and oxygen atoms in total. The van der Waals surface area contributed by atoms with Crippen molar-refractivity contribution in [1.29, 1.82) is 0 Å². The van der Waals surface area contributed by atoms with Crippen LogP contribution < -0.4 is 15.5 Å². The minimum absolute atomic E-state index is 0.231. The highest BCUT2D eigenvalue weighted by atomic mass is 35.5. The van der Waals surface area contributed by atoms with Crippen LogP contribution in [-0.4, -0.2) is 30.6 Å². The average molecular weight is 379 g/mol. The fourth-order valence-corrected chi connectivity index (χ4v) is 3.19. The molecule has 3 rings (SSSR count). The van der Waals surface area contributed by atoms with Gasteiger partial charge in [-0.1, -0.05) is 29.3 Å². The van der Waals surface area contributed by atoms with Crippen molar-refractivity contribution in [3.05, 3.63) is 52.6 Å². The summed E-state index contributed by atoms with van der Waals surface area (Å²) in [5.41, 5.74) is 0.622. The van der Waals surface area contributed by atoms with Crippen LogP contribution in [0.2, 0.25) is 10.0 Å². The van der Waals surface area contributed by atoms with Crippen LogP contribution in [0.4, 0.5) is 16.3 Å². The fourth-order valence-electron chi connectivity index (χ4n) is 2.89. The maximum Gasteiger partial charge on any atom is 0.319 e. The number of urea groups is 1. The normalized spacial score (nSPS) is 15.0. The highest BCUT2D eigenvalue weighted by Crippen LogP contribution is 2.25. The number of amides is 2. The minimum atomic E-state index is -0.231. The van der Waals surface area contributed by atoms with E-state index in [0.29, 0.717) is 28.2 Å². The molecule has 0 spiro atoms. The van der Waals surface area contributed by atoms with Crippen molar-refractivity contribution in [3.63, 3.8) is 0 Å². The summed E-state index contributed by atoms with van der Waals surface area (Å²) in [4.78, 5) is 18.7. The van der Waals surface area contributed by atoms with Crippen LogP contribution in [0.1, 0.15) is 12.8 Å². The van der Waals surface area contributed by atoms with Gasteiger partial charge in [0.1, 0.15) is 5.82 Å². The van der Waals surface area contributed by atoms with Crippen LogP contribution in [0.5, 0.6) is 0 Å². The second kappa shape index (κ2) is 8.41. The highest BCUT2D eigenvalue weighted by Gasteiger charge is 2.20. The van der Waals surface area contributed by atoms with Crippen molar-refractivity contribution in [2.24, 2.45) is 5.92 Å². The van der Waals surface area contributed by atoms with Gasteiger partial charge in [0.15, 0.2) is 0 Å². The number of piperidine rings is 1. The van der Waals surface area contributed by atoms with Crippen molar-refractivity contribution in [3.8, 4) is 0 Å². The fraction of sp³-hybridized carbons (Fsp3) is 0.333. The summed E-state index contributed by atoms with van der Waals surface area (Å²) in [6.07, 6.45) is 3.88. The molecule has 7 heteroatoms. The SMILES string of the molecule is O=C(NCC1CCN(c2ccccn2)CC1)Nc1ccc(Cl)c(Cl)c1. The van der Waals surface area contributed by atoms with E-state index in [9.17, 15) is 4.79 Å². The summed E-state index contributed by atoms with van der Waals surface area (Å²) in [5, 5.41) is 6.58. The number of nitrogens with zero attached hydrogens (tertiary/aromatic N) is 2. The first kappa shape index (κ1) is 17.8. The van der Waals surface area contributed by atoms with Gasteiger partial charge in [0, 0.05) is 31.5 Å². The van der Waals surface area contributed by atoms with E-state index in [1.54, 1.807) is 18.2 Å². The predicted octanol–water partition coefficient (Wildman–Crippen LogP) is 4.43. The third-order valence-corrected chi connectivity index (χ3v) is 5.06. The van der Waals surface area contributed by atoms with Crippen LogP contribution in [0.3, 0.4) is 0 Å². The summed E-state index contributed by atoms with van der Waals surface area (Å²) in [6.45, 7) is 2.57. The molecule has 2 heterocycles. The first-order chi connectivity index (χ1) is 12.1. The van der Waals surface area contributed by atoms with Gasteiger partial charge in [0.05, 0.1) is 10.0 Å². The summed E-state index contributed by atoms with van der Waals surface area (Å²) < 4.78 is 0. The summed E-state index contributed by atoms with van der Waals surface area (Å²) in [7, 11) is 0. The topological polar surface area (TPSA) is 57.3 Å². The number of carbonyl (C=O) groups excluding carboxylic acids is 1. The van der Waals surface area contributed by atoms with E-state index in [2.05, 4.69) is 20.5 Å². The molecule has 132 valence electrons. The van der Waals surface area contributed by atoms with Gasteiger partial charge in [-0.05, 0) is 49.1 Å². The van der Waals surface area contributed by atoms with Gasteiger partial charge < -0.3 is 15.5 Å². The monoisotopic (exact) mass is 378 g/mol. The zero-order valence-corrected chi connectivity index (χ0v) is 15.2. The quantitative estimate of drug-likeness (QED) is 0.827. The first-order valence-corrected chi connectivity index (χ1v) is 9.03. The summed E-state index contributed by atoms with van der Waals surface area (Å²) in [5.74, 6) is 1.49. The van der Waals surface area contributed by atoms with E-state index in [0.717, 1.165) is 31.7 Å². The molecule has 25 heavy (non-hydrogen) atoms. The Balaban J connectivity index is 1.42. The Morgan fingerprint density at radius 1 is 1.16 bits per heavy atom. The van der Waals surface area contributed by atoms with Crippen molar-refractivity contribution in [2.45, 2.75) is 12.8 Å². The molecule has 1 aliphatic heterocycles. The Hall–Kier alpha value is -1.98. The third-order valence-electron chi connectivity index (χ3n) is 4.32. The molecule has 0 bridgehead atoms. The Kier molecular flexibility index (Phi) is 6.00. The van der Waals surface area contributed by atoms with Crippen LogP contribution in [0, 0.1) is 5.92 Å². The molecule has 0 radical (unpaired) electrons. The van der Waals surface area contributed by atoms with E-state index in [1.165, 1.54) is 0 Å². The highest BCUT2D eigenvalue weighted by molar-refractivity contribution is 6.42. The van der Waals surface area contributed by atoms with Gasteiger partial charge in [0.2, 0.25) is 0 Å². The Morgan fingerprint density at radius 2 is 1.96 bits per heavy atom. The second-order valence-corrected chi connectivity index (χ2v) is 6.90. The zero-order valence-electron chi connectivity index (χ0n) is 13.7. The molecule has 2 N–H and O–H groups in total. The van der Waals surface area contributed by atoms with Crippen molar-refractivity contribution in [1.82, 2.24) is 10.3 Å². The van der Waals surface area contributed by atoms with Gasteiger partial charge in [-0.25, -0.2) is 9.78 Å². The third kappa shape index (κ3) is 5.00. The molecule has 1 saturated heterocycles. The Bertz CT molecular complexity index is 718. The van der Waals surface area contributed by atoms with E-state index < -0.39 is 0 Å². The lowest BCUT2D eigenvalue weighted by Crippen LogP contribution is -2.40. The molecule has 0 saturated carbocycles. The number of nitrogens with one attached hydrogen (secondary N) is 2. The number of carbonyl (C=O) groups is 1. The smallest absolute Gasteiger partial charge is 0.319 e. The van der Waals surface area contributed by atoms with E-state index in [4.69, 9.17) is 23.2 Å². The number of pyridine rings is 1. The van der Waals surface area contributed by atoms with Crippen LogP contribution in [-0.2, 0) is 0 Å². The molecule has 1 aromatic heterocycles. The maximum absolute atomic E-state index is 12.0. The standard InChI is InChI=1S/C18H20Cl2N4O/c19-15-5-4-14(11-16(15)20)23-18(25)22-12-13-6-9-24(10-7-13)17-3-1-2-8-21-17/h1-5,8,11,13H,6-7,9-10,12H2,(H2,22,23,25). The number of anilines is 2. The van der Waals surface area contributed by atoms with Gasteiger partial charge in [-0.3, -0.25) is 0 Å². The Labute approximate surface area is 157 Å². The number of halogens is 2. The second-order valence-electron chi connectivity index (χ2n) is 6.08. The molecule has 0 aliphatic carbocycles. The molecular formula is C18H20Cl2N4O. The number of rotatable bonds is 4. The molecule has 1 fully saturated rings. The van der Waals surface area contributed by atoms with Crippen molar-refractivity contribution in [2.75, 3.05) is 29.9 Å². The number of hydrogen-bond donors (Lipinski definition) is 2. The number of benzene rings is 1. The molecule has 0 atom stereocenters. The largest absolute Gasteiger partial charge is 0.357 e. The minimum Gasteiger partial charge on any atom is -0.357 e. The molecule has 2 aromatic rings. The number of hydrogen-bond acceptors (Lipinski definition) is 3. The van der Waals surface area contributed by atoms with E-state index in [1.807, 2.05) is 24.4 Å². The van der Waals surface area contributed by atoms with Crippen LogP contribution >= 0.6 is 23.2 Å². The molecule has 0 unspecified atom stereocenters. The van der Waals surface area contributed by atoms with E-state index in [-0.39, 0.29) is 6.03 Å². The van der Waals surface area contributed by atoms with Crippen molar-refractivity contribution < 1.29 is 4.79 Å². The van der Waals surface area contributed by atoms with E-state index >= 15 is 0 Å². The lowest BCUT2D eigenvalue weighted by Gasteiger charge is -2.32. The zero-order chi connectivity index (χ0) is 17.6. The molecular weight excluding hydrogens is 359 g/mol. The summed E-state index contributed by atoms with van der Waals surface area (Å²) >= 11 is 11.8. The Morgan fingerprint density at radius 3 is 2.64 bits per heavy atom. The van der Waals surface area contributed by atoms with Crippen LogP contribution in [0.25, 0.3) is 0 Å². The van der Waals surface area contributed by atoms with Gasteiger partial charge >= 0.3 is 6.03 Å². The summed E-state index contributed by atoms with van der Waals surface area (Å²) in [6, 6.07) is 10.7. The lowest BCUT2D eigenvalue weighted by atomic mass is 9.97. The number of aromatic nitrogens is 1. The maximum atomic E-state index is 12.0. The predicted molar refractivity (Wildman–Crippen MR) is 103 cm³/mol. The van der Waals surface area contributed by atoms with Crippen LogP contribution in [0.15, 0.2) is 42.6 Å². The first-order valence-electron chi connectivity index (χ1n) is 8.27. The molecule has 1 aliphatic rings. The van der Waals surface area contributed by atoms with Gasteiger partial charge in [-0.2, -0.15) is 0 Å². The molecule has 1 aromatic carbocycles. The molecule has 2 amide bonds. The van der Waals surface area contributed by atoms with Gasteiger partial charge in [0.25, 0.3) is 0 Å². The van der Waals surface area contributed by atoms with Gasteiger partial charge in [-0.15, -0.1) is 0 Å².